The van der Waals surface area contributed by atoms with Crippen molar-refractivity contribution in [2.75, 3.05) is 20.8 Å². The lowest BCUT2D eigenvalue weighted by molar-refractivity contribution is -0.139. The summed E-state index contributed by atoms with van der Waals surface area (Å²) in [5.74, 6) is 0.203. The lowest BCUT2D eigenvalue weighted by atomic mass is 9.92. The minimum atomic E-state index is -0.592. The van der Waals surface area contributed by atoms with E-state index in [1.54, 1.807) is 21.1 Å². The van der Waals surface area contributed by atoms with E-state index in [0.29, 0.717) is 23.4 Å². The molecule has 0 fully saturated rings. The van der Waals surface area contributed by atoms with Crippen molar-refractivity contribution >= 4 is 12.0 Å². The van der Waals surface area contributed by atoms with Crippen LogP contribution in [0.3, 0.4) is 0 Å². The van der Waals surface area contributed by atoms with Gasteiger partial charge >= 0.3 is 12.0 Å². The van der Waals surface area contributed by atoms with Gasteiger partial charge in [0.25, 0.3) is 0 Å². The molecule has 0 aliphatic carbocycles. The van der Waals surface area contributed by atoms with Gasteiger partial charge in [-0.05, 0) is 19.4 Å². The standard InChI is InChI=1S/C18H24N2O4/c1-5-9-13-15(17(21)24-6-2)16(19-18(22)20(13)3)12-10-7-8-11-14(12)23-4/h7-8,10-11,16H,5-6,9H2,1-4H3,(H,19,22)/t16-/m1/s1. The van der Waals surface area contributed by atoms with Gasteiger partial charge in [0.15, 0.2) is 0 Å². The highest BCUT2D eigenvalue weighted by atomic mass is 16.5. The van der Waals surface area contributed by atoms with E-state index in [9.17, 15) is 9.59 Å². The van der Waals surface area contributed by atoms with Crippen LogP contribution in [0.4, 0.5) is 4.79 Å². The Morgan fingerprint density at radius 3 is 2.62 bits per heavy atom. The zero-order valence-corrected chi connectivity index (χ0v) is 14.6. The molecule has 0 spiro atoms. The molecule has 1 N–H and O–H groups in total. The van der Waals surface area contributed by atoms with Crippen LogP contribution in [-0.2, 0) is 9.53 Å². The molecule has 24 heavy (non-hydrogen) atoms. The molecule has 6 heteroatoms. The number of nitrogens with zero attached hydrogens (tertiary/aromatic N) is 1. The lowest BCUT2D eigenvalue weighted by Gasteiger charge is -2.35. The summed E-state index contributed by atoms with van der Waals surface area (Å²) in [6, 6.07) is 6.51. The summed E-state index contributed by atoms with van der Waals surface area (Å²) >= 11 is 0. The van der Waals surface area contributed by atoms with Crippen molar-refractivity contribution in [3.05, 3.63) is 41.1 Å². The molecule has 1 aromatic rings. The van der Waals surface area contributed by atoms with Gasteiger partial charge < -0.3 is 19.7 Å². The molecule has 0 saturated carbocycles. The Kier molecular flexibility index (Phi) is 5.84. The van der Waals surface area contributed by atoms with E-state index in [1.807, 2.05) is 31.2 Å². The Labute approximate surface area is 142 Å². The molecule has 2 amide bonds. The number of nitrogens with one attached hydrogen (secondary N) is 1. The highest BCUT2D eigenvalue weighted by molar-refractivity contribution is 5.95. The molecule has 1 aliphatic heterocycles. The molecule has 0 aromatic heterocycles. The van der Waals surface area contributed by atoms with E-state index in [4.69, 9.17) is 9.47 Å². The van der Waals surface area contributed by atoms with E-state index in [0.717, 1.165) is 12.0 Å². The maximum Gasteiger partial charge on any atom is 0.338 e. The van der Waals surface area contributed by atoms with Crippen molar-refractivity contribution in [1.29, 1.82) is 0 Å². The molecule has 0 saturated heterocycles. The molecule has 1 aromatic carbocycles. The minimum absolute atomic E-state index is 0.248. The third kappa shape index (κ3) is 3.37. The number of hydrogen-bond donors (Lipinski definition) is 1. The van der Waals surface area contributed by atoms with Crippen molar-refractivity contribution < 1.29 is 19.1 Å². The first-order valence-corrected chi connectivity index (χ1v) is 8.12. The van der Waals surface area contributed by atoms with Crippen LogP contribution < -0.4 is 10.1 Å². The number of benzene rings is 1. The number of esters is 1. The molecule has 2 rings (SSSR count). The van der Waals surface area contributed by atoms with Gasteiger partial charge in [0.05, 0.1) is 25.3 Å². The average Bonchev–Trinajstić information content (AvgIpc) is 2.59. The van der Waals surface area contributed by atoms with Crippen LogP contribution in [0.25, 0.3) is 0 Å². The normalized spacial score (nSPS) is 17.6. The summed E-state index contributed by atoms with van der Waals surface area (Å²) in [6.07, 6.45) is 1.43. The second kappa shape index (κ2) is 7.86. The Morgan fingerprint density at radius 1 is 1.29 bits per heavy atom. The molecule has 0 radical (unpaired) electrons. The molecule has 130 valence electrons. The first-order valence-electron chi connectivity index (χ1n) is 8.12. The Balaban J connectivity index is 2.62. The predicted octanol–water partition coefficient (Wildman–Crippen LogP) is 3.01. The fourth-order valence-corrected chi connectivity index (χ4v) is 2.88. The predicted molar refractivity (Wildman–Crippen MR) is 90.6 cm³/mol. The van der Waals surface area contributed by atoms with E-state index >= 15 is 0 Å². The zero-order chi connectivity index (χ0) is 17.7. The summed E-state index contributed by atoms with van der Waals surface area (Å²) in [5, 5.41) is 2.88. The number of hydrogen-bond acceptors (Lipinski definition) is 4. The highest BCUT2D eigenvalue weighted by Crippen LogP contribution is 2.36. The number of amides is 2. The summed E-state index contributed by atoms with van der Waals surface area (Å²) in [7, 11) is 3.23. The number of allylic oxidation sites excluding steroid dienone is 1. The fourth-order valence-electron chi connectivity index (χ4n) is 2.88. The second-order valence-corrected chi connectivity index (χ2v) is 5.51. The quantitative estimate of drug-likeness (QED) is 0.813. The van der Waals surface area contributed by atoms with Gasteiger partial charge in [0.1, 0.15) is 5.75 Å². The third-order valence-electron chi connectivity index (χ3n) is 4.01. The molecule has 1 aliphatic rings. The number of para-hydroxylation sites is 1. The van der Waals surface area contributed by atoms with E-state index < -0.39 is 12.0 Å². The van der Waals surface area contributed by atoms with Gasteiger partial charge in [-0.2, -0.15) is 0 Å². The number of ether oxygens (including phenoxy) is 2. The maximum atomic E-state index is 12.6. The number of methoxy groups -OCH3 is 1. The Hall–Kier alpha value is -2.50. The fraction of sp³-hybridized carbons (Fsp3) is 0.444. The van der Waals surface area contributed by atoms with Crippen LogP contribution in [0.1, 0.15) is 38.3 Å². The topological polar surface area (TPSA) is 67.9 Å². The summed E-state index contributed by atoms with van der Waals surface area (Å²) in [6.45, 7) is 4.05. The van der Waals surface area contributed by atoms with Crippen molar-refractivity contribution in [2.45, 2.75) is 32.7 Å². The van der Waals surface area contributed by atoms with Crippen LogP contribution in [0.2, 0.25) is 0 Å². The summed E-state index contributed by atoms with van der Waals surface area (Å²) in [5.41, 5.74) is 1.89. The van der Waals surface area contributed by atoms with Gasteiger partial charge in [-0.3, -0.25) is 0 Å². The summed E-state index contributed by atoms with van der Waals surface area (Å²) in [4.78, 5) is 26.5. The van der Waals surface area contributed by atoms with Crippen LogP contribution in [0.5, 0.6) is 5.75 Å². The van der Waals surface area contributed by atoms with Crippen LogP contribution in [0, 0.1) is 0 Å². The number of carbonyl (C=O) groups is 2. The van der Waals surface area contributed by atoms with E-state index in [-0.39, 0.29) is 12.6 Å². The highest BCUT2D eigenvalue weighted by Gasteiger charge is 2.37. The van der Waals surface area contributed by atoms with Crippen LogP contribution in [0.15, 0.2) is 35.5 Å². The van der Waals surface area contributed by atoms with Crippen LogP contribution in [-0.4, -0.2) is 37.7 Å². The van der Waals surface area contributed by atoms with E-state index in [2.05, 4.69) is 5.32 Å². The summed E-state index contributed by atoms with van der Waals surface area (Å²) < 4.78 is 10.7. The Morgan fingerprint density at radius 2 is 2.00 bits per heavy atom. The van der Waals surface area contributed by atoms with Crippen molar-refractivity contribution in [3.63, 3.8) is 0 Å². The average molecular weight is 332 g/mol. The van der Waals surface area contributed by atoms with Gasteiger partial charge in [-0.15, -0.1) is 0 Å². The third-order valence-corrected chi connectivity index (χ3v) is 4.01. The minimum Gasteiger partial charge on any atom is -0.496 e. The first-order chi connectivity index (χ1) is 11.5. The monoisotopic (exact) mass is 332 g/mol. The molecular weight excluding hydrogens is 308 g/mol. The zero-order valence-electron chi connectivity index (χ0n) is 14.6. The first kappa shape index (κ1) is 17.8. The number of rotatable bonds is 6. The number of carbonyl (C=O) groups excluding carboxylic acids is 2. The second-order valence-electron chi connectivity index (χ2n) is 5.51. The van der Waals surface area contributed by atoms with E-state index in [1.165, 1.54) is 4.90 Å². The van der Waals surface area contributed by atoms with Crippen molar-refractivity contribution in [1.82, 2.24) is 10.2 Å². The van der Waals surface area contributed by atoms with Gasteiger partial charge in [0.2, 0.25) is 0 Å². The molecule has 1 heterocycles. The molecule has 1 atom stereocenters. The smallest absolute Gasteiger partial charge is 0.338 e. The molecular formula is C18H24N2O4. The molecule has 0 bridgehead atoms. The van der Waals surface area contributed by atoms with Crippen molar-refractivity contribution in [2.24, 2.45) is 0 Å². The SMILES string of the molecule is CCCC1=C(C(=O)OCC)[C@@H](c2ccccc2OC)NC(=O)N1C. The number of urea groups is 1. The van der Waals surface area contributed by atoms with Gasteiger partial charge in [-0.1, -0.05) is 31.5 Å². The van der Waals surface area contributed by atoms with Crippen LogP contribution >= 0.6 is 0 Å². The maximum absolute atomic E-state index is 12.6. The largest absolute Gasteiger partial charge is 0.496 e. The molecule has 6 nitrogen and oxygen atoms in total. The van der Waals surface area contributed by atoms with Gasteiger partial charge in [0, 0.05) is 18.3 Å². The Bertz CT molecular complexity index is 654. The lowest BCUT2D eigenvalue weighted by Crippen LogP contribution is -2.47. The van der Waals surface area contributed by atoms with Crippen molar-refractivity contribution in [3.8, 4) is 5.75 Å². The van der Waals surface area contributed by atoms with Gasteiger partial charge in [-0.25, -0.2) is 9.59 Å². The molecule has 0 unspecified atom stereocenters.